The van der Waals surface area contributed by atoms with Gasteiger partial charge in [0.05, 0.1) is 10.9 Å². The highest BCUT2D eigenvalue weighted by molar-refractivity contribution is 6.30. The van der Waals surface area contributed by atoms with Gasteiger partial charge in [-0.05, 0) is 23.8 Å². The summed E-state index contributed by atoms with van der Waals surface area (Å²) in [6.45, 7) is 0. The smallest absolute Gasteiger partial charge is 0.200 e. The molecule has 1 aromatic heterocycles. The lowest BCUT2D eigenvalue weighted by Gasteiger charge is -2.04. The minimum absolute atomic E-state index is 0.202. The van der Waals surface area contributed by atoms with Crippen molar-refractivity contribution in [3.8, 4) is 22.6 Å². The van der Waals surface area contributed by atoms with Crippen molar-refractivity contribution in [2.45, 2.75) is 0 Å². The van der Waals surface area contributed by atoms with Crippen LogP contribution in [0.3, 0.4) is 0 Å². The molecule has 0 aliphatic rings. The van der Waals surface area contributed by atoms with Gasteiger partial charge in [0.1, 0.15) is 11.8 Å². The SMILES string of the molecule is O=c1c(-c2ccc(Cl)cc2)coc2cc(O)c(O)cc12. The molecule has 3 aromatic rings. The summed E-state index contributed by atoms with van der Waals surface area (Å²) >= 11 is 5.81. The molecule has 4 nitrogen and oxygen atoms in total. The van der Waals surface area contributed by atoms with E-state index in [1.54, 1.807) is 24.3 Å². The van der Waals surface area contributed by atoms with Crippen molar-refractivity contribution in [3.05, 3.63) is 57.9 Å². The first-order valence-corrected chi connectivity index (χ1v) is 6.17. The van der Waals surface area contributed by atoms with Crippen LogP contribution in [0.2, 0.25) is 5.02 Å². The summed E-state index contributed by atoms with van der Waals surface area (Å²) in [4.78, 5) is 12.4. The lowest BCUT2D eigenvalue weighted by atomic mass is 10.1. The van der Waals surface area contributed by atoms with Crippen molar-refractivity contribution < 1.29 is 14.6 Å². The van der Waals surface area contributed by atoms with E-state index in [2.05, 4.69) is 0 Å². The molecule has 100 valence electrons. The Hall–Kier alpha value is -2.46. The Labute approximate surface area is 118 Å². The second-order valence-corrected chi connectivity index (χ2v) is 4.76. The number of hydrogen-bond donors (Lipinski definition) is 2. The number of fused-ring (bicyclic) bond motifs is 1. The van der Waals surface area contributed by atoms with E-state index in [9.17, 15) is 15.0 Å². The fraction of sp³-hybridized carbons (Fsp3) is 0. The fourth-order valence-electron chi connectivity index (χ4n) is 1.98. The van der Waals surface area contributed by atoms with E-state index >= 15 is 0 Å². The number of aromatic hydroxyl groups is 2. The molecule has 1 heterocycles. The molecule has 3 rings (SSSR count). The summed E-state index contributed by atoms with van der Waals surface area (Å²) in [6, 6.07) is 9.17. The minimum Gasteiger partial charge on any atom is -0.504 e. The van der Waals surface area contributed by atoms with Crippen LogP contribution in [0.15, 0.2) is 51.9 Å². The highest BCUT2D eigenvalue weighted by Gasteiger charge is 2.12. The molecule has 0 radical (unpaired) electrons. The quantitative estimate of drug-likeness (QED) is 0.672. The molecule has 5 heteroatoms. The number of benzene rings is 2. The number of phenolic OH excluding ortho intramolecular Hbond substituents is 2. The Morgan fingerprint density at radius 2 is 1.65 bits per heavy atom. The minimum atomic E-state index is -0.363. The zero-order valence-electron chi connectivity index (χ0n) is 10.1. The Bertz CT molecular complexity index is 850. The molecule has 0 bridgehead atoms. The number of phenols is 2. The molecule has 2 aromatic carbocycles. The maximum Gasteiger partial charge on any atom is 0.200 e. The Kier molecular flexibility index (Phi) is 2.88. The van der Waals surface area contributed by atoms with Crippen LogP contribution in [-0.2, 0) is 0 Å². The standard InChI is InChI=1S/C15H9ClO4/c16-9-3-1-8(2-4-9)11-7-20-14-6-13(18)12(17)5-10(14)15(11)19/h1-7,17-18H. The maximum absolute atomic E-state index is 12.4. The van der Waals surface area contributed by atoms with Crippen LogP contribution in [0.5, 0.6) is 11.5 Å². The van der Waals surface area contributed by atoms with Crippen molar-refractivity contribution in [1.82, 2.24) is 0 Å². The highest BCUT2D eigenvalue weighted by atomic mass is 35.5. The Morgan fingerprint density at radius 1 is 1.00 bits per heavy atom. The van der Waals surface area contributed by atoms with Crippen molar-refractivity contribution in [3.63, 3.8) is 0 Å². The molecule has 0 fully saturated rings. The lowest BCUT2D eigenvalue weighted by molar-refractivity contribution is 0.403. The second kappa shape index (κ2) is 4.58. The number of rotatable bonds is 1. The van der Waals surface area contributed by atoms with E-state index < -0.39 is 0 Å². The molecular weight excluding hydrogens is 280 g/mol. The molecule has 0 saturated heterocycles. The van der Waals surface area contributed by atoms with Crippen LogP contribution >= 0.6 is 11.6 Å². The lowest BCUT2D eigenvalue weighted by Crippen LogP contribution is -2.04. The molecule has 0 saturated carbocycles. The van der Waals surface area contributed by atoms with Crippen molar-refractivity contribution >= 4 is 22.6 Å². The predicted molar refractivity (Wildman–Crippen MR) is 76.3 cm³/mol. The van der Waals surface area contributed by atoms with Gasteiger partial charge in [0.25, 0.3) is 0 Å². The highest BCUT2D eigenvalue weighted by Crippen LogP contribution is 2.30. The van der Waals surface area contributed by atoms with Crippen LogP contribution in [0, 0.1) is 0 Å². The molecule has 0 aliphatic carbocycles. The van der Waals surface area contributed by atoms with Gasteiger partial charge in [0.2, 0.25) is 5.43 Å². The van der Waals surface area contributed by atoms with Gasteiger partial charge < -0.3 is 14.6 Å². The molecule has 20 heavy (non-hydrogen) atoms. The summed E-state index contributed by atoms with van der Waals surface area (Å²) in [7, 11) is 0. The summed E-state index contributed by atoms with van der Waals surface area (Å²) in [6.07, 6.45) is 1.32. The third-order valence-corrected chi connectivity index (χ3v) is 3.28. The Morgan fingerprint density at radius 3 is 2.35 bits per heavy atom. The van der Waals surface area contributed by atoms with E-state index in [4.69, 9.17) is 16.0 Å². The van der Waals surface area contributed by atoms with E-state index in [0.717, 1.165) is 0 Å². The summed E-state index contributed by atoms with van der Waals surface area (Å²) < 4.78 is 5.34. The zero-order valence-corrected chi connectivity index (χ0v) is 10.9. The van der Waals surface area contributed by atoms with Crippen LogP contribution in [0.25, 0.3) is 22.1 Å². The average molecular weight is 289 g/mol. The van der Waals surface area contributed by atoms with E-state index in [1.165, 1.54) is 18.4 Å². The van der Waals surface area contributed by atoms with Crippen LogP contribution in [0.4, 0.5) is 0 Å². The van der Waals surface area contributed by atoms with Crippen molar-refractivity contribution in [1.29, 1.82) is 0 Å². The van der Waals surface area contributed by atoms with Gasteiger partial charge in [-0.1, -0.05) is 23.7 Å². The van der Waals surface area contributed by atoms with Crippen molar-refractivity contribution in [2.24, 2.45) is 0 Å². The topological polar surface area (TPSA) is 70.7 Å². The van der Waals surface area contributed by atoms with Gasteiger partial charge in [-0.15, -0.1) is 0 Å². The molecular formula is C15H9ClO4. The third kappa shape index (κ3) is 2.00. The van der Waals surface area contributed by atoms with Gasteiger partial charge >= 0.3 is 0 Å². The number of hydrogen-bond acceptors (Lipinski definition) is 4. The molecule has 0 atom stereocenters. The van der Waals surface area contributed by atoms with Crippen molar-refractivity contribution in [2.75, 3.05) is 0 Å². The average Bonchev–Trinajstić information content (AvgIpc) is 2.43. The first-order valence-electron chi connectivity index (χ1n) is 5.79. The van der Waals surface area contributed by atoms with Crippen LogP contribution in [0.1, 0.15) is 0 Å². The first-order chi connectivity index (χ1) is 9.56. The predicted octanol–water partition coefficient (Wildman–Crippen LogP) is 3.52. The van der Waals surface area contributed by atoms with Gasteiger partial charge in [-0.2, -0.15) is 0 Å². The second-order valence-electron chi connectivity index (χ2n) is 4.32. The summed E-state index contributed by atoms with van der Waals surface area (Å²) in [5.41, 5.74) is 0.948. The molecule has 2 N–H and O–H groups in total. The van der Waals surface area contributed by atoms with Gasteiger partial charge in [0, 0.05) is 11.1 Å². The molecule has 0 spiro atoms. The van der Waals surface area contributed by atoms with E-state index in [0.29, 0.717) is 16.1 Å². The molecule has 0 unspecified atom stereocenters. The maximum atomic E-state index is 12.4. The van der Waals surface area contributed by atoms with Crippen LogP contribution in [-0.4, -0.2) is 10.2 Å². The third-order valence-electron chi connectivity index (χ3n) is 3.02. The van der Waals surface area contributed by atoms with Crippen LogP contribution < -0.4 is 5.43 Å². The Balaban J connectivity index is 2.28. The zero-order chi connectivity index (χ0) is 14.3. The number of halogens is 1. The summed E-state index contributed by atoms with van der Waals surface area (Å²) in [5, 5.41) is 19.7. The van der Waals surface area contributed by atoms with E-state index in [-0.39, 0.29) is 27.9 Å². The van der Waals surface area contributed by atoms with Gasteiger partial charge in [-0.25, -0.2) is 0 Å². The summed E-state index contributed by atoms with van der Waals surface area (Å²) in [5.74, 6) is -0.696. The first kappa shape index (κ1) is 12.6. The van der Waals surface area contributed by atoms with Gasteiger partial charge in [0.15, 0.2) is 11.5 Å². The monoisotopic (exact) mass is 288 g/mol. The molecule has 0 aliphatic heterocycles. The largest absolute Gasteiger partial charge is 0.504 e. The molecule has 0 amide bonds. The van der Waals surface area contributed by atoms with Gasteiger partial charge in [-0.3, -0.25) is 4.79 Å². The normalized spacial score (nSPS) is 10.8. The fourth-order valence-corrected chi connectivity index (χ4v) is 2.11. The van der Waals surface area contributed by atoms with E-state index in [1.807, 2.05) is 0 Å².